The quantitative estimate of drug-likeness (QED) is 0.193. The van der Waals surface area contributed by atoms with Crippen LogP contribution in [0, 0.1) is 11.3 Å². The monoisotopic (exact) mass is 693 g/mol. The number of hydrogen-bond acceptors (Lipinski definition) is 3. The van der Waals surface area contributed by atoms with Crippen molar-refractivity contribution in [3.63, 3.8) is 0 Å². The SMILES string of the molecule is CC1(C)c2ccccc2C2(c3ccccc3-c3ccc(-c4ccc(C5C=C(c6ccc(C#N)cc6)NC(c6ccccc6)N5)cc4)cc32)c2ccccc21. The van der Waals surface area contributed by atoms with Gasteiger partial charge in [0.1, 0.15) is 6.17 Å². The third-order valence-corrected chi connectivity index (χ3v) is 12.1. The molecule has 2 unspecified atom stereocenters. The average molecular weight is 694 g/mol. The Balaban J connectivity index is 1.08. The third kappa shape index (κ3) is 4.77. The van der Waals surface area contributed by atoms with Crippen LogP contribution in [-0.4, -0.2) is 0 Å². The summed E-state index contributed by atoms with van der Waals surface area (Å²) in [7, 11) is 0. The number of nitrogens with zero attached hydrogens (tertiary/aromatic N) is 1. The van der Waals surface area contributed by atoms with Crippen LogP contribution in [0.2, 0.25) is 0 Å². The van der Waals surface area contributed by atoms with E-state index in [1.165, 1.54) is 66.8 Å². The Morgan fingerprint density at radius 1 is 0.500 bits per heavy atom. The molecule has 1 heterocycles. The highest BCUT2D eigenvalue weighted by molar-refractivity contribution is 5.90. The van der Waals surface area contributed by atoms with Gasteiger partial charge in [-0.25, -0.2) is 0 Å². The third-order valence-electron chi connectivity index (χ3n) is 12.1. The Labute approximate surface area is 317 Å². The molecule has 3 aliphatic rings. The van der Waals surface area contributed by atoms with Gasteiger partial charge in [0, 0.05) is 11.1 Å². The van der Waals surface area contributed by atoms with Crippen LogP contribution in [0.25, 0.3) is 28.0 Å². The van der Waals surface area contributed by atoms with Crippen LogP contribution in [0.4, 0.5) is 0 Å². The summed E-state index contributed by atoms with van der Waals surface area (Å²) in [5.41, 5.74) is 17.8. The van der Waals surface area contributed by atoms with Crippen LogP contribution in [-0.2, 0) is 10.8 Å². The van der Waals surface area contributed by atoms with Crippen LogP contribution in [0.5, 0.6) is 0 Å². The number of nitriles is 1. The lowest BCUT2D eigenvalue weighted by atomic mass is 9.55. The van der Waals surface area contributed by atoms with Crippen molar-refractivity contribution in [1.82, 2.24) is 10.6 Å². The van der Waals surface area contributed by atoms with E-state index in [0.29, 0.717) is 5.56 Å². The highest BCUT2D eigenvalue weighted by Gasteiger charge is 2.53. The fraction of sp³-hybridized carbons (Fsp3) is 0.118. The van der Waals surface area contributed by atoms with Crippen LogP contribution >= 0.6 is 0 Å². The summed E-state index contributed by atoms with van der Waals surface area (Å²) < 4.78 is 0. The molecule has 258 valence electrons. The summed E-state index contributed by atoms with van der Waals surface area (Å²) >= 11 is 0. The average Bonchev–Trinajstić information content (AvgIpc) is 3.53. The van der Waals surface area contributed by atoms with Gasteiger partial charge in [-0.1, -0.05) is 166 Å². The molecule has 1 aliphatic heterocycles. The van der Waals surface area contributed by atoms with Crippen LogP contribution in [0.1, 0.15) is 81.7 Å². The van der Waals surface area contributed by atoms with Crippen molar-refractivity contribution in [2.24, 2.45) is 0 Å². The summed E-state index contributed by atoms with van der Waals surface area (Å²) in [5.74, 6) is 0. The Kier molecular flexibility index (Phi) is 7.34. The molecule has 0 radical (unpaired) electrons. The van der Waals surface area contributed by atoms with Crippen LogP contribution < -0.4 is 10.6 Å². The second-order valence-corrected chi connectivity index (χ2v) is 15.3. The van der Waals surface area contributed by atoms with Gasteiger partial charge in [0.2, 0.25) is 0 Å². The summed E-state index contributed by atoms with van der Waals surface area (Å²) in [6.07, 6.45) is 2.18. The summed E-state index contributed by atoms with van der Waals surface area (Å²) in [5, 5.41) is 16.9. The minimum Gasteiger partial charge on any atom is -0.366 e. The van der Waals surface area contributed by atoms with Crippen molar-refractivity contribution in [3.8, 4) is 28.3 Å². The first-order chi connectivity index (χ1) is 26.5. The Morgan fingerprint density at radius 3 is 1.72 bits per heavy atom. The predicted octanol–water partition coefficient (Wildman–Crippen LogP) is 11.2. The molecular formula is C51H39N3. The molecule has 0 aromatic heterocycles. The number of nitrogens with one attached hydrogen (secondary N) is 2. The number of benzene rings is 7. The summed E-state index contributed by atoms with van der Waals surface area (Å²) in [6, 6.07) is 64.0. The van der Waals surface area contributed by atoms with Crippen molar-refractivity contribution in [1.29, 1.82) is 5.26 Å². The zero-order valence-electron chi connectivity index (χ0n) is 30.3. The van der Waals surface area contributed by atoms with E-state index in [9.17, 15) is 5.26 Å². The van der Waals surface area contributed by atoms with E-state index in [1.807, 2.05) is 30.3 Å². The van der Waals surface area contributed by atoms with E-state index in [0.717, 1.165) is 11.3 Å². The maximum atomic E-state index is 9.38. The van der Waals surface area contributed by atoms with Crippen molar-refractivity contribution < 1.29 is 0 Å². The molecule has 1 spiro atoms. The largest absolute Gasteiger partial charge is 0.366 e. The maximum Gasteiger partial charge on any atom is 0.104 e. The molecule has 54 heavy (non-hydrogen) atoms. The van der Waals surface area contributed by atoms with E-state index in [-0.39, 0.29) is 17.6 Å². The molecule has 7 aromatic rings. The van der Waals surface area contributed by atoms with Gasteiger partial charge in [-0.15, -0.1) is 0 Å². The van der Waals surface area contributed by atoms with Crippen molar-refractivity contribution in [3.05, 3.63) is 232 Å². The zero-order valence-corrected chi connectivity index (χ0v) is 30.3. The topological polar surface area (TPSA) is 47.9 Å². The van der Waals surface area contributed by atoms with Crippen molar-refractivity contribution in [2.45, 2.75) is 36.9 Å². The minimum absolute atomic E-state index is 0.0208. The molecular weight excluding hydrogens is 655 g/mol. The molecule has 0 saturated carbocycles. The van der Waals surface area contributed by atoms with E-state index in [1.54, 1.807) is 0 Å². The highest BCUT2D eigenvalue weighted by atomic mass is 15.2. The molecule has 7 aromatic carbocycles. The highest BCUT2D eigenvalue weighted by Crippen LogP contribution is 2.62. The van der Waals surface area contributed by atoms with Gasteiger partial charge >= 0.3 is 0 Å². The molecule has 0 saturated heterocycles. The number of fused-ring (bicyclic) bond motifs is 9. The lowest BCUT2D eigenvalue weighted by Gasteiger charge is -2.46. The first-order valence-corrected chi connectivity index (χ1v) is 18.8. The van der Waals surface area contributed by atoms with Crippen LogP contribution in [0.15, 0.2) is 176 Å². The van der Waals surface area contributed by atoms with E-state index in [2.05, 4.69) is 176 Å². The lowest BCUT2D eigenvalue weighted by Crippen LogP contribution is -2.40. The Hall–Kier alpha value is -6.47. The lowest BCUT2D eigenvalue weighted by molar-refractivity contribution is 0.442. The second kappa shape index (κ2) is 12.3. The molecule has 3 nitrogen and oxygen atoms in total. The summed E-state index contributed by atoms with van der Waals surface area (Å²) in [6.45, 7) is 4.75. The van der Waals surface area contributed by atoms with Gasteiger partial charge < -0.3 is 5.32 Å². The van der Waals surface area contributed by atoms with Gasteiger partial charge in [-0.3, -0.25) is 5.32 Å². The van der Waals surface area contributed by atoms with Crippen molar-refractivity contribution in [2.75, 3.05) is 0 Å². The standard InChI is InChI=1S/C51H39N3/c1-50(2)42-16-8-10-18-44(42)51(45-19-11-9-17-43(45)50)41-15-7-6-14-39(41)40-29-28-38(30-46(40)51)34-24-26-36(27-25-34)48-31-47(35-22-20-33(32-52)21-23-35)53-49(54-48)37-12-4-3-5-13-37/h3-31,48-49,53-54H,1-2H3. The summed E-state index contributed by atoms with van der Waals surface area (Å²) in [4.78, 5) is 0. The maximum absolute atomic E-state index is 9.38. The van der Waals surface area contributed by atoms with Gasteiger partial charge in [0.25, 0.3) is 0 Å². The van der Waals surface area contributed by atoms with E-state index < -0.39 is 5.41 Å². The minimum atomic E-state index is -0.414. The van der Waals surface area contributed by atoms with Crippen molar-refractivity contribution >= 4 is 5.70 Å². The van der Waals surface area contributed by atoms with Gasteiger partial charge in [0.15, 0.2) is 0 Å². The Bertz CT molecular complexity index is 2590. The molecule has 2 N–H and O–H groups in total. The molecule has 0 amide bonds. The molecule has 0 bridgehead atoms. The van der Waals surface area contributed by atoms with E-state index in [4.69, 9.17) is 0 Å². The van der Waals surface area contributed by atoms with Gasteiger partial charge in [-0.05, 0) is 96.6 Å². The molecule has 10 rings (SSSR count). The molecule has 2 aliphatic carbocycles. The molecule has 0 fully saturated rings. The molecule has 3 heteroatoms. The number of rotatable bonds is 4. The van der Waals surface area contributed by atoms with Gasteiger partial charge in [-0.2, -0.15) is 5.26 Å². The second-order valence-electron chi connectivity index (χ2n) is 15.3. The number of hydrogen-bond donors (Lipinski definition) is 2. The zero-order chi connectivity index (χ0) is 36.4. The normalized spacial score (nSPS) is 18.3. The first kappa shape index (κ1) is 32.2. The Morgan fingerprint density at radius 2 is 1.06 bits per heavy atom. The van der Waals surface area contributed by atoms with Crippen LogP contribution in [0.3, 0.4) is 0 Å². The fourth-order valence-corrected chi connectivity index (χ4v) is 9.48. The smallest absolute Gasteiger partial charge is 0.104 e. The first-order valence-electron chi connectivity index (χ1n) is 18.8. The predicted molar refractivity (Wildman–Crippen MR) is 219 cm³/mol. The molecule has 2 atom stereocenters. The fourth-order valence-electron chi connectivity index (χ4n) is 9.48. The van der Waals surface area contributed by atoms with Gasteiger partial charge in [0.05, 0.1) is 23.1 Å². The van der Waals surface area contributed by atoms with E-state index >= 15 is 0 Å².